The molecule has 1 heterocycles. The summed E-state index contributed by atoms with van der Waals surface area (Å²) in [6.07, 6.45) is 1.99. The molecule has 0 aliphatic heterocycles. The van der Waals surface area contributed by atoms with Gasteiger partial charge in [0.25, 0.3) is 5.91 Å². The molecule has 1 N–H and O–H groups in total. The van der Waals surface area contributed by atoms with Gasteiger partial charge in [0.05, 0.1) is 12.2 Å². The quantitative estimate of drug-likeness (QED) is 0.761. The summed E-state index contributed by atoms with van der Waals surface area (Å²) in [4.78, 5) is 28.0. The number of esters is 1. The number of carbonyl (C=O) groups is 2. The number of nitrogens with zero attached hydrogens (tertiary/aromatic N) is 1. The summed E-state index contributed by atoms with van der Waals surface area (Å²) in [5.74, 6) is -0.314. The molecule has 1 unspecified atom stereocenters. The van der Waals surface area contributed by atoms with Gasteiger partial charge < -0.3 is 14.8 Å². The Labute approximate surface area is 148 Å². The van der Waals surface area contributed by atoms with Crippen molar-refractivity contribution in [1.29, 1.82) is 0 Å². The molecule has 0 saturated carbocycles. The predicted octanol–water partition coefficient (Wildman–Crippen LogP) is 3.43. The lowest BCUT2D eigenvalue weighted by Gasteiger charge is -2.14. The standard InChI is InChI=1S/C17H17BrN2O4/c1-3-23-15-6-4-14(5-7-15)20-16(21)11(2)24-17(22)12-8-13(18)10-19-9-12/h4-11H,3H2,1-2H3,(H,20,21). The molecule has 7 heteroatoms. The van der Waals surface area contributed by atoms with Crippen LogP contribution in [0.25, 0.3) is 0 Å². The molecule has 2 aromatic rings. The van der Waals surface area contributed by atoms with Gasteiger partial charge in [-0.1, -0.05) is 0 Å². The Morgan fingerprint density at radius 1 is 1.25 bits per heavy atom. The first-order valence-corrected chi connectivity index (χ1v) is 8.14. The van der Waals surface area contributed by atoms with Crippen LogP contribution in [0.5, 0.6) is 5.75 Å². The van der Waals surface area contributed by atoms with Crippen LogP contribution in [0.15, 0.2) is 47.2 Å². The Morgan fingerprint density at radius 3 is 2.58 bits per heavy atom. The van der Waals surface area contributed by atoms with E-state index >= 15 is 0 Å². The maximum atomic E-state index is 12.1. The smallest absolute Gasteiger partial charge is 0.340 e. The zero-order chi connectivity index (χ0) is 17.5. The number of ether oxygens (including phenoxy) is 2. The highest BCUT2D eigenvalue weighted by Crippen LogP contribution is 2.16. The number of anilines is 1. The fourth-order valence-corrected chi connectivity index (χ4v) is 2.22. The van der Waals surface area contributed by atoms with E-state index in [0.29, 0.717) is 16.8 Å². The van der Waals surface area contributed by atoms with E-state index in [1.54, 1.807) is 36.5 Å². The Bertz CT molecular complexity index is 719. The number of hydrogen-bond acceptors (Lipinski definition) is 5. The van der Waals surface area contributed by atoms with E-state index in [4.69, 9.17) is 9.47 Å². The summed E-state index contributed by atoms with van der Waals surface area (Å²) in [5.41, 5.74) is 0.862. The van der Waals surface area contributed by atoms with Gasteiger partial charge in [0.15, 0.2) is 6.10 Å². The third-order valence-corrected chi connectivity index (χ3v) is 3.46. The fraction of sp³-hybridized carbons (Fsp3) is 0.235. The van der Waals surface area contributed by atoms with Crippen LogP contribution in [0.1, 0.15) is 24.2 Å². The second kappa shape index (κ2) is 8.44. The molecule has 0 saturated heterocycles. The summed E-state index contributed by atoms with van der Waals surface area (Å²) in [6.45, 7) is 3.98. The van der Waals surface area contributed by atoms with E-state index in [9.17, 15) is 9.59 Å². The number of aromatic nitrogens is 1. The molecule has 126 valence electrons. The van der Waals surface area contributed by atoms with Crippen LogP contribution in [-0.2, 0) is 9.53 Å². The summed E-state index contributed by atoms with van der Waals surface area (Å²) >= 11 is 3.23. The largest absolute Gasteiger partial charge is 0.494 e. The van der Waals surface area contributed by atoms with Crippen LogP contribution < -0.4 is 10.1 Å². The maximum absolute atomic E-state index is 12.1. The normalized spacial score (nSPS) is 11.5. The molecular formula is C17H17BrN2O4. The molecule has 2 rings (SSSR count). The van der Waals surface area contributed by atoms with Gasteiger partial charge in [-0.15, -0.1) is 0 Å². The molecule has 1 aromatic heterocycles. The van der Waals surface area contributed by atoms with Crippen molar-refractivity contribution in [2.24, 2.45) is 0 Å². The summed E-state index contributed by atoms with van der Waals surface area (Å²) in [7, 11) is 0. The highest BCUT2D eigenvalue weighted by molar-refractivity contribution is 9.10. The van der Waals surface area contributed by atoms with E-state index in [1.165, 1.54) is 13.1 Å². The Morgan fingerprint density at radius 2 is 1.96 bits per heavy atom. The van der Waals surface area contributed by atoms with Crippen molar-refractivity contribution in [3.8, 4) is 5.75 Å². The molecule has 0 aliphatic rings. The zero-order valence-electron chi connectivity index (χ0n) is 13.3. The van der Waals surface area contributed by atoms with E-state index < -0.39 is 18.0 Å². The van der Waals surface area contributed by atoms with E-state index in [2.05, 4.69) is 26.2 Å². The molecule has 0 spiro atoms. The molecule has 0 radical (unpaired) electrons. The van der Waals surface area contributed by atoms with Crippen molar-refractivity contribution in [2.45, 2.75) is 20.0 Å². The van der Waals surface area contributed by atoms with Crippen LogP contribution in [0.2, 0.25) is 0 Å². The molecule has 1 amide bonds. The molecule has 1 aromatic carbocycles. The van der Waals surface area contributed by atoms with Crippen LogP contribution >= 0.6 is 15.9 Å². The molecule has 1 atom stereocenters. The van der Waals surface area contributed by atoms with Gasteiger partial charge in [-0.2, -0.15) is 0 Å². The lowest BCUT2D eigenvalue weighted by atomic mass is 10.2. The number of halogens is 1. The van der Waals surface area contributed by atoms with Crippen LogP contribution in [0.4, 0.5) is 5.69 Å². The van der Waals surface area contributed by atoms with Gasteiger partial charge in [0.1, 0.15) is 5.75 Å². The first kappa shape index (κ1) is 17.9. The fourth-order valence-electron chi connectivity index (χ4n) is 1.85. The molecule has 0 bridgehead atoms. The van der Waals surface area contributed by atoms with Gasteiger partial charge in [0.2, 0.25) is 0 Å². The van der Waals surface area contributed by atoms with Crippen molar-refractivity contribution in [1.82, 2.24) is 4.98 Å². The molecular weight excluding hydrogens is 376 g/mol. The minimum absolute atomic E-state index is 0.269. The van der Waals surface area contributed by atoms with Crippen LogP contribution in [-0.4, -0.2) is 29.6 Å². The van der Waals surface area contributed by atoms with Crippen LogP contribution in [0, 0.1) is 0 Å². The third kappa shape index (κ3) is 5.06. The molecule has 0 aliphatic carbocycles. The van der Waals surface area contributed by atoms with Gasteiger partial charge in [-0.25, -0.2) is 4.79 Å². The topological polar surface area (TPSA) is 77.5 Å². The molecule has 24 heavy (non-hydrogen) atoms. The SMILES string of the molecule is CCOc1ccc(NC(=O)C(C)OC(=O)c2cncc(Br)c2)cc1. The van der Waals surface area contributed by atoms with Crippen molar-refractivity contribution in [3.05, 3.63) is 52.8 Å². The number of benzene rings is 1. The maximum Gasteiger partial charge on any atom is 0.340 e. The Kier molecular flexibility index (Phi) is 6.31. The first-order chi connectivity index (χ1) is 11.5. The lowest BCUT2D eigenvalue weighted by Crippen LogP contribution is -2.30. The van der Waals surface area contributed by atoms with Crippen molar-refractivity contribution >= 4 is 33.5 Å². The van der Waals surface area contributed by atoms with Crippen LogP contribution in [0.3, 0.4) is 0 Å². The van der Waals surface area contributed by atoms with Gasteiger partial charge in [-0.3, -0.25) is 9.78 Å². The number of pyridine rings is 1. The van der Waals surface area contributed by atoms with Gasteiger partial charge in [0, 0.05) is 22.6 Å². The number of amides is 1. The average Bonchev–Trinajstić information content (AvgIpc) is 2.56. The Hall–Kier alpha value is -2.41. The van der Waals surface area contributed by atoms with Gasteiger partial charge >= 0.3 is 5.97 Å². The van der Waals surface area contributed by atoms with Crippen molar-refractivity contribution in [2.75, 3.05) is 11.9 Å². The van der Waals surface area contributed by atoms with E-state index in [-0.39, 0.29) is 5.56 Å². The highest BCUT2D eigenvalue weighted by Gasteiger charge is 2.19. The number of rotatable bonds is 6. The second-order valence-corrected chi connectivity index (χ2v) is 5.80. The zero-order valence-corrected chi connectivity index (χ0v) is 14.9. The number of hydrogen-bond donors (Lipinski definition) is 1. The predicted molar refractivity (Wildman–Crippen MR) is 93.1 cm³/mol. The molecule has 0 fully saturated rings. The summed E-state index contributed by atoms with van der Waals surface area (Å²) < 4.78 is 11.1. The number of carbonyl (C=O) groups excluding carboxylic acids is 2. The minimum atomic E-state index is -0.942. The van der Waals surface area contributed by atoms with E-state index in [1.807, 2.05) is 6.92 Å². The van der Waals surface area contributed by atoms with Gasteiger partial charge in [-0.05, 0) is 60.1 Å². The first-order valence-electron chi connectivity index (χ1n) is 7.35. The molecule has 6 nitrogen and oxygen atoms in total. The average molecular weight is 393 g/mol. The van der Waals surface area contributed by atoms with Crippen molar-refractivity contribution in [3.63, 3.8) is 0 Å². The second-order valence-electron chi connectivity index (χ2n) is 4.89. The van der Waals surface area contributed by atoms with E-state index in [0.717, 1.165) is 5.75 Å². The minimum Gasteiger partial charge on any atom is -0.494 e. The Balaban J connectivity index is 1.93. The van der Waals surface area contributed by atoms with Crippen molar-refractivity contribution < 1.29 is 19.1 Å². The lowest BCUT2D eigenvalue weighted by molar-refractivity contribution is -0.123. The monoisotopic (exact) mass is 392 g/mol. The third-order valence-electron chi connectivity index (χ3n) is 3.03. The summed E-state index contributed by atoms with van der Waals surface area (Å²) in [5, 5.41) is 2.68. The highest BCUT2D eigenvalue weighted by atomic mass is 79.9. The summed E-state index contributed by atoms with van der Waals surface area (Å²) in [6, 6.07) is 8.52. The number of nitrogens with one attached hydrogen (secondary N) is 1.